The molecular formula is C11H12N4O3. The number of carbonyl (C=O) groups is 1. The molecule has 2 rings (SSSR count). The third-order valence-electron chi connectivity index (χ3n) is 2.30. The summed E-state index contributed by atoms with van der Waals surface area (Å²) < 4.78 is 1.30. The highest BCUT2D eigenvalue weighted by molar-refractivity contribution is 5.91. The molecule has 2 heterocycles. The fraction of sp³-hybridized carbons (Fsp3) is 0.273. The second kappa shape index (κ2) is 4.19. The number of aromatic nitrogens is 4. The normalized spacial score (nSPS) is 11.5. The van der Waals surface area contributed by atoms with E-state index in [0.717, 1.165) is 0 Å². The van der Waals surface area contributed by atoms with Crippen LogP contribution in [0.3, 0.4) is 0 Å². The van der Waals surface area contributed by atoms with Crippen LogP contribution in [0.1, 0.15) is 24.3 Å². The molecule has 2 aromatic heterocycles. The Labute approximate surface area is 103 Å². The molecule has 0 radical (unpaired) electrons. The van der Waals surface area contributed by atoms with E-state index < -0.39 is 11.7 Å². The topological polar surface area (TPSA) is 101 Å². The first-order chi connectivity index (χ1) is 8.41. The van der Waals surface area contributed by atoms with Gasteiger partial charge in [-0.1, -0.05) is 0 Å². The molecule has 94 valence electrons. The zero-order valence-corrected chi connectivity index (χ0v) is 9.90. The van der Waals surface area contributed by atoms with Gasteiger partial charge < -0.3 is 10.2 Å². The number of aromatic carboxylic acids is 1. The zero-order valence-electron chi connectivity index (χ0n) is 9.90. The first-order valence-electron chi connectivity index (χ1n) is 5.23. The van der Waals surface area contributed by atoms with Gasteiger partial charge in [-0.15, -0.1) is 0 Å². The van der Waals surface area contributed by atoms with Crippen molar-refractivity contribution in [1.29, 1.82) is 0 Å². The lowest BCUT2D eigenvalue weighted by Crippen LogP contribution is -2.27. The highest BCUT2D eigenvalue weighted by Gasteiger charge is 2.24. The van der Waals surface area contributed by atoms with E-state index in [2.05, 4.69) is 15.1 Å². The molecular weight excluding hydrogens is 236 g/mol. The summed E-state index contributed by atoms with van der Waals surface area (Å²) in [6.45, 7) is 3.08. The largest absolute Gasteiger partial charge is 0.476 e. The second-order valence-corrected chi connectivity index (χ2v) is 4.18. The number of nitrogens with zero attached hydrogens (tertiary/aromatic N) is 4. The van der Waals surface area contributed by atoms with E-state index in [-0.39, 0.29) is 11.4 Å². The van der Waals surface area contributed by atoms with Crippen LogP contribution in [0.15, 0.2) is 24.7 Å². The average molecular weight is 248 g/mol. The molecule has 2 N–H and O–H groups in total. The third kappa shape index (κ3) is 2.07. The van der Waals surface area contributed by atoms with Gasteiger partial charge in [0.2, 0.25) is 0 Å². The van der Waals surface area contributed by atoms with Crippen molar-refractivity contribution in [2.24, 2.45) is 0 Å². The van der Waals surface area contributed by atoms with Gasteiger partial charge in [0.15, 0.2) is 11.4 Å². The van der Waals surface area contributed by atoms with Gasteiger partial charge in [0, 0.05) is 18.6 Å². The molecule has 0 spiro atoms. The van der Waals surface area contributed by atoms with Crippen LogP contribution in [0.25, 0.3) is 11.4 Å². The molecule has 0 aliphatic rings. The predicted octanol–water partition coefficient (Wildman–Crippen LogP) is 0.723. The van der Waals surface area contributed by atoms with Crippen LogP contribution in [0.4, 0.5) is 0 Å². The molecule has 0 atom stereocenters. The van der Waals surface area contributed by atoms with Gasteiger partial charge in [0.05, 0.1) is 5.69 Å². The minimum atomic E-state index is -1.26. The Morgan fingerprint density at radius 2 is 1.94 bits per heavy atom. The maximum absolute atomic E-state index is 11.1. The van der Waals surface area contributed by atoms with Gasteiger partial charge in [-0.3, -0.25) is 4.98 Å². The van der Waals surface area contributed by atoms with Crippen LogP contribution < -0.4 is 0 Å². The van der Waals surface area contributed by atoms with E-state index in [1.54, 1.807) is 19.9 Å². The summed E-state index contributed by atoms with van der Waals surface area (Å²) in [6, 6.07) is 1.58. The number of rotatable bonds is 3. The lowest BCUT2D eigenvalue weighted by molar-refractivity contribution is -0.00871. The van der Waals surface area contributed by atoms with Gasteiger partial charge in [0.1, 0.15) is 5.69 Å². The summed E-state index contributed by atoms with van der Waals surface area (Å²) in [6.07, 6.45) is 4.16. The summed E-state index contributed by atoms with van der Waals surface area (Å²) in [5.41, 5.74) is -0.868. The molecule has 2 aromatic rings. The minimum Gasteiger partial charge on any atom is -0.476 e. The summed E-state index contributed by atoms with van der Waals surface area (Å²) in [4.78, 5) is 18.9. The summed E-state index contributed by atoms with van der Waals surface area (Å²) in [7, 11) is 0. The van der Waals surface area contributed by atoms with E-state index >= 15 is 0 Å². The van der Waals surface area contributed by atoms with E-state index in [1.165, 1.54) is 23.3 Å². The Bertz CT molecular complexity index is 586. The lowest BCUT2D eigenvalue weighted by Gasteiger charge is -2.20. The standard InChI is InChI=1S/C11H12N4O3/c1-11(2,18)15-7(3-4-14-15)8-9(10(16)17)13-6-5-12-8/h3-6,18H,1-2H3,(H,16,17). The van der Waals surface area contributed by atoms with Crippen LogP contribution in [0.5, 0.6) is 0 Å². The lowest BCUT2D eigenvalue weighted by atomic mass is 10.2. The fourth-order valence-corrected chi connectivity index (χ4v) is 1.60. The molecule has 0 aromatic carbocycles. The molecule has 0 fully saturated rings. The minimum absolute atomic E-state index is 0.171. The molecule has 0 saturated carbocycles. The number of aliphatic hydroxyl groups is 1. The third-order valence-corrected chi connectivity index (χ3v) is 2.30. The van der Waals surface area contributed by atoms with E-state index in [9.17, 15) is 9.90 Å². The number of hydrogen-bond donors (Lipinski definition) is 2. The van der Waals surface area contributed by atoms with Crippen LogP contribution in [0, 0.1) is 0 Å². The van der Waals surface area contributed by atoms with Crippen molar-refractivity contribution in [2.75, 3.05) is 0 Å². The van der Waals surface area contributed by atoms with Crippen molar-refractivity contribution in [3.63, 3.8) is 0 Å². The van der Waals surface area contributed by atoms with Crippen LogP contribution in [0.2, 0.25) is 0 Å². The Kier molecular flexibility index (Phi) is 2.84. The first-order valence-corrected chi connectivity index (χ1v) is 5.23. The molecule has 7 heteroatoms. The Hall–Kier alpha value is -2.28. The monoisotopic (exact) mass is 248 g/mol. The zero-order chi connectivity index (χ0) is 13.3. The van der Waals surface area contributed by atoms with Crippen molar-refractivity contribution in [3.05, 3.63) is 30.4 Å². The highest BCUT2D eigenvalue weighted by Crippen LogP contribution is 2.23. The van der Waals surface area contributed by atoms with Crippen molar-refractivity contribution in [1.82, 2.24) is 19.7 Å². The number of hydrogen-bond acceptors (Lipinski definition) is 5. The average Bonchev–Trinajstić information content (AvgIpc) is 2.77. The molecule has 0 aliphatic carbocycles. The van der Waals surface area contributed by atoms with Gasteiger partial charge in [-0.05, 0) is 19.9 Å². The Morgan fingerprint density at radius 3 is 2.56 bits per heavy atom. The quantitative estimate of drug-likeness (QED) is 0.830. The van der Waals surface area contributed by atoms with E-state index in [1.807, 2.05) is 0 Å². The molecule has 18 heavy (non-hydrogen) atoms. The number of carboxylic acids is 1. The molecule has 7 nitrogen and oxygen atoms in total. The second-order valence-electron chi connectivity index (χ2n) is 4.18. The van der Waals surface area contributed by atoms with Crippen molar-refractivity contribution in [3.8, 4) is 11.4 Å². The van der Waals surface area contributed by atoms with Crippen molar-refractivity contribution in [2.45, 2.75) is 19.6 Å². The molecule has 0 amide bonds. The van der Waals surface area contributed by atoms with Crippen LogP contribution in [-0.4, -0.2) is 35.9 Å². The summed E-state index contributed by atoms with van der Waals surface area (Å²) in [5, 5.41) is 23.0. The van der Waals surface area contributed by atoms with Crippen molar-refractivity contribution < 1.29 is 15.0 Å². The number of carboxylic acid groups (broad SMARTS) is 1. The van der Waals surface area contributed by atoms with Gasteiger partial charge >= 0.3 is 5.97 Å². The highest BCUT2D eigenvalue weighted by atomic mass is 16.4. The van der Waals surface area contributed by atoms with Gasteiger partial charge in [-0.25, -0.2) is 14.5 Å². The summed E-state index contributed by atoms with van der Waals surface area (Å²) in [5.74, 6) is -1.18. The molecule has 0 saturated heterocycles. The fourth-order valence-electron chi connectivity index (χ4n) is 1.60. The van der Waals surface area contributed by atoms with E-state index in [4.69, 9.17) is 5.11 Å². The predicted molar refractivity (Wildman–Crippen MR) is 61.8 cm³/mol. The van der Waals surface area contributed by atoms with Crippen LogP contribution >= 0.6 is 0 Å². The smallest absolute Gasteiger partial charge is 0.356 e. The Morgan fingerprint density at radius 1 is 1.28 bits per heavy atom. The Balaban J connectivity index is 2.64. The SMILES string of the molecule is CC(C)(O)n1nccc1-c1nccnc1C(=O)O. The molecule has 0 aliphatic heterocycles. The van der Waals surface area contributed by atoms with E-state index in [0.29, 0.717) is 5.69 Å². The first kappa shape index (κ1) is 12.2. The molecule has 0 bridgehead atoms. The molecule has 0 unspecified atom stereocenters. The van der Waals surface area contributed by atoms with Crippen LogP contribution in [-0.2, 0) is 5.72 Å². The van der Waals surface area contributed by atoms with Gasteiger partial charge in [-0.2, -0.15) is 5.10 Å². The summed E-state index contributed by atoms with van der Waals surface area (Å²) >= 11 is 0. The maximum atomic E-state index is 11.1. The maximum Gasteiger partial charge on any atom is 0.356 e. The van der Waals surface area contributed by atoms with Crippen molar-refractivity contribution >= 4 is 5.97 Å². The van der Waals surface area contributed by atoms with Gasteiger partial charge in [0.25, 0.3) is 0 Å².